The van der Waals surface area contributed by atoms with Crippen LogP contribution in [0.5, 0.6) is 0 Å². The zero-order valence-corrected chi connectivity index (χ0v) is 16.6. The summed E-state index contributed by atoms with van der Waals surface area (Å²) in [6, 6.07) is 9.31. The number of morpholine rings is 1. The van der Waals surface area contributed by atoms with Crippen LogP contribution in [0.2, 0.25) is 0 Å². The predicted octanol–water partition coefficient (Wildman–Crippen LogP) is 2.38. The van der Waals surface area contributed by atoms with E-state index in [1.165, 1.54) is 11.3 Å². The summed E-state index contributed by atoms with van der Waals surface area (Å²) in [5.41, 5.74) is 2.96. The van der Waals surface area contributed by atoms with E-state index in [-0.39, 0.29) is 23.3 Å². The molecule has 1 amide bonds. The lowest BCUT2D eigenvalue weighted by molar-refractivity contribution is -0.129. The molecular formula is C18H22N2O4S2. The highest BCUT2D eigenvalue weighted by atomic mass is 32.2. The highest BCUT2D eigenvalue weighted by molar-refractivity contribution is 7.91. The molecule has 1 aliphatic rings. The van der Waals surface area contributed by atoms with Gasteiger partial charge in [0.15, 0.2) is 0 Å². The van der Waals surface area contributed by atoms with Crippen molar-refractivity contribution in [1.29, 1.82) is 0 Å². The smallest absolute Gasteiger partial charge is 0.253 e. The van der Waals surface area contributed by atoms with E-state index in [4.69, 9.17) is 4.74 Å². The fourth-order valence-corrected chi connectivity index (χ4v) is 5.33. The Morgan fingerprint density at radius 3 is 2.50 bits per heavy atom. The molecule has 1 aromatic carbocycles. The molecule has 8 heteroatoms. The van der Waals surface area contributed by atoms with E-state index in [1.54, 1.807) is 17.0 Å². The van der Waals surface area contributed by atoms with Crippen LogP contribution in [0.1, 0.15) is 16.0 Å². The van der Waals surface area contributed by atoms with Crippen molar-refractivity contribution in [1.82, 2.24) is 4.72 Å². The van der Waals surface area contributed by atoms with Crippen molar-refractivity contribution in [3.8, 4) is 0 Å². The maximum atomic E-state index is 12.4. The van der Waals surface area contributed by atoms with Crippen LogP contribution in [0.25, 0.3) is 0 Å². The third kappa shape index (κ3) is 4.32. The second kappa shape index (κ2) is 7.48. The van der Waals surface area contributed by atoms with Crippen molar-refractivity contribution >= 4 is 33.0 Å². The summed E-state index contributed by atoms with van der Waals surface area (Å²) >= 11 is 1.23. The molecule has 2 aromatic rings. The van der Waals surface area contributed by atoms with Gasteiger partial charge in [0.1, 0.15) is 10.8 Å². The molecule has 0 bridgehead atoms. The van der Waals surface area contributed by atoms with Crippen LogP contribution in [0.3, 0.4) is 0 Å². The molecule has 2 heterocycles. The topological polar surface area (TPSA) is 75.7 Å². The van der Waals surface area contributed by atoms with Crippen LogP contribution < -0.4 is 9.62 Å². The van der Waals surface area contributed by atoms with Gasteiger partial charge in [0, 0.05) is 17.1 Å². The fourth-order valence-electron chi connectivity index (χ4n) is 2.93. The van der Waals surface area contributed by atoms with Crippen LogP contribution in [0.4, 0.5) is 5.69 Å². The number of thiophene rings is 1. The summed E-state index contributed by atoms with van der Waals surface area (Å²) < 4.78 is 33.1. The lowest BCUT2D eigenvalue weighted by Gasteiger charge is -2.33. The van der Waals surface area contributed by atoms with Crippen LogP contribution in [-0.4, -0.2) is 40.1 Å². The number of anilines is 1. The Kier molecular flexibility index (Phi) is 5.47. The molecule has 140 valence electrons. The minimum absolute atomic E-state index is 0.0580. The molecule has 0 aliphatic carbocycles. The Labute approximate surface area is 157 Å². The molecule has 3 rings (SSSR count). The van der Waals surface area contributed by atoms with Gasteiger partial charge in [-0.05, 0) is 56.2 Å². The number of nitrogens with one attached hydrogen (secondary N) is 1. The number of hydrogen-bond acceptors (Lipinski definition) is 5. The number of sulfonamides is 1. The van der Waals surface area contributed by atoms with Crippen molar-refractivity contribution in [3.63, 3.8) is 0 Å². The Morgan fingerprint density at radius 2 is 1.88 bits per heavy atom. The minimum atomic E-state index is -3.56. The minimum Gasteiger partial charge on any atom is -0.365 e. The van der Waals surface area contributed by atoms with E-state index in [0.717, 1.165) is 21.7 Å². The zero-order valence-electron chi connectivity index (χ0n) is 15.0. The van der Waals surface area contributed by atoms with Crippen LogP contribution >= 0.6 is 11.3 Å². The lowest BCUT2D eigenvalue weighted by Crippen LogP contribution is -2.50. The largest absolute Gasteiger partial charge is 0.365 e. The maximum Gasteiger partial charge on any atom is 0.253 e. The number of nitrogens with zero attached hydrogens (tertiary/aromatic N) is 1. The summed E-state index contributed by atoms with van der Waals surface area (Å²) in [5, 5.41) is 0. The number of rotatable bonds is 5. The molecule has 1 saturated heterocycles. The van der Waals surface area contributed by atoms with Crippen molar-refractivity contribution < 1.29 is 17.9 Å². The van der Waals surface area contributed by atoms with E-state index < -0.39 is 16.1 Å². The monoisotopic (exact) mass is 394 g/mol. The molecule has 6 nitrogen and oxygen atoms in total. The van der Waals surface area contributed by atoms with Gasteiger partial charge in [0.2, 0.25) is 10.0 Å². The van der Waals surface area contributed by atoms with Crippen LogP contribution in [0.15, 0.2) is 34.5 Å². The highest BCUT2D eigenvalue weighted by Gasteiger charge is 2.29. The summed E-state index contributed by atoms with van der Waals surface area (Å²) in [7, 11) is -3.56. The number of ether oxygens (including phenoxy) is 1. The first-order valence-electron chi connectivity index (χ1n) is 8.31. The first-order chi connectivity index (χ1) is 12.2. The quantitative estimate of drug-likeness (QED) is 0.845. The molecule has 1 N–H and O–H groups in total. The highest BCUT2D eigenvalue weighted by Crippen LogP contribution is 2.23. The normalized spacial score (nSPS) is 18.3. The Hall–Kier alpha value is -1.74. The average molecular weight is 395 g/mol. The van der Waals surface area contributed by atoms with E-state index in [9.17, 15) is 13.2 Å². The molecule has 0 radical (unpaired) electrons. The Morgan fingerprint density at radius 1 is 1.19 bits per heavy atom. The lowest BCUT2D eigenvalue weighted by atomic mass is 10.1. The number of amides is 1. The Bertz CT molecular complexity index is 901. The number of hydrogen-bond donors (Lipinski definition) is 1. The van der Waals surface area contributed by atoms with Gasteiger partial charge in [0.05, 0.1) is 12.6 Å². The van der Waals surface area contributed by atoms with Crippen LogP contribution in [0, 0.1) is 20.8 Å². The van der Waals surface area contributed by atoms with Gasteiger partial charge in [-0.25, -0.2) is 13.1 Å². The Balaban J connectivity index is 1.69. The fraction of sp³-hybridized carbons (Fsp3) is 0.389. The van der Waals surface area contributed by atoms with E-state index in [0.29, 0.717) is 6.54 Å². The molecule has 0 spiro atoms. The van der Waals surface area contributed by atoms with Crippen molar-refractivity contribution in [2.45, 2.75) is 31.1 Å². The molecular weight excluding hydrogens is 372 g/mol. The average Bonchev–Trinajstić information content (AvgIpc) is 3.00. The SMILES string of the molecule is Cc1cc(C)cc(N2CC(CNS(=O)(=O)c3ccc(C)s3)OCC2=O)c1. The van der Waals surface area contributed by atoms with Gasteiger partial charge in [-0.1, -0.05) is 6.07 Å². The van der Waals surface area contributed by atoms with Gasteiger partial charge >= 0.3 is 0 Å². The van der Waals surface area contributed by atoms with E-state index in [1.807, 2.05) is 39.0 Å². The zero-order chi connectivity index (χ0) is 18.9. The molecule has 26 heavy (non-hydrogen) atoms. The number of carbonyl (C=O) groups is 1. The van der Waals surface area contributed by atoms with Crippen LogP contribution in [-0.2, 0) is 19.6 Å². The van der Waals surface area contributed by atoms with Crippen molar-refractivity contribution in [2.24, 2.45) is 0 Å². The second-order valence-corrected chi connectivity index (χ2v) is 9.78. The second-order valence-electron chi connectivity index (χ2n) is 6.50. The third-order valence-electron chi connectivity index (χ3n) is 4.13. The molecule has 1 fully saturated rings. The third-order valence-corrected chi connectivity index (χ3v) is 7.05. The molecule has 1 aromatic heterocycles. The van der Waals surface area contributed by atoms with Gasteiger partial charge in [-0.15, -0.1) is 11.3 Å². The van der Waals surface area contributed by atoms with Gasteiger partial charge in [-0.2, -0.15) is 0 Å². The first kappa shape index (κ1) is 19.0. The maximum absolute atomic E-state index is 12.4. The number of benzene rings is 1. The van der Waals surface area contributed by atoms with E-state index >= 15 is 0 Å². The van der Waals surface area contributed by atoms with Crippen molar-refractivity contribution in [2.75, 3.05) is 24.6 Å². The summed E-state index contributed by atoms with van der Waals surface area (Å²) in [6.07, 6.45) is -0.399. The summed E-state index contributed by atoms with van der Waals surface area (Å²) in [4.78, 5) is 14.9. The first-order valence-corrected chi connectivity index (χ1v) is 10.6. The summed E-state index contributed by atoms with van der Waals surface area (Å²) in [6.45, 7) is 6.20. The number of carbonyl (C=O) groups excluding carboxylic acids is 1. The van der Waals surface area contributed by atoms with Gasteiger partial charge in [0.25, 0.3) is 5.91 Å². The predicted molar refractivity (Wildman–Crippen MR) is 102 cm³/mol. The molecule has 0 saturated carbocycles. The molecule has 1 atom stereocenters. The van der Waals surface area contributed by atoms with Gasteiger partial charge < -0.3 is 9.64 Å². The molecule has 1 unspecified atom stereocenters. The molecule has 1 aliphatic heterocycles. The van der Waals surface area contributed by atoms with Gasteiger partial charge in [-0.3, -0.25) is 4.79 Å². The standard InChI is InChI=1S/C18H22N2O4S2/c1-12-6-13(2)8-15(7-12)20-10-16(24-11-17(20)21)9-19-26(22,23)18-5-4-14(3)25-18/h4-8,16,19H,9-11H2,1-3H3. The van der Waals surface area contributed by atoms with E-state index in [2.05, 4.69) is 4.72 Å². The summed E-state index contributed by atoms with van der Waals surface area (Å²) in [5.74, 6) is -0.122. The van der Waals surface area contributed by atoms with Crippen molar-refractivity contribution in [3.05, 3.63) is 46.3 Å². The number of aryl methyl sites for hydroxylation is 3.